The highest BCUT2D eigenvalue weighted by Gasteiger charge is 2.19. The minimum absolute atomic E-state index is 0.223. The summed E-state index contributed by atoms with van der Waals surface area (Å²) in [5.41, 5.74) is 2.18. The molecule has 0 spiro atoms. The summed E-state index contributed by atoms with van der Waals surface area (Å²) in [4.78, 5) is 16.3. The summed E-state index contributed by atoms with van der Waals surface area (Å²) in [7, 11) is 0. The number of benzene rings is 2. The second-order valence-electron chi connectivity index (χ2n) is 5.22. The molecule has 0 aliphatic carbocycles. The van der Waals surface area contributed by atoms with E-state index in [1.807, 2.05) is 12.1 Å². The number of hydrogen-bond donors (Lipinski definition) is 1. The van der Waals surface area contributed by atoms with Gasteiger partial charge in [0.05, 0.1) is 0 Å². The van der Waals surface area contributed by atoms with Gasteiger partial charge in [0, 0.05) is 11.4 Å². The van der Waals surface area contributed by atoms with Gasteiger partial charge in [0.15, 0.2) is 0 Å². The van der Waals surface area contributed by atoms with E-state index in [0.717, 1.165) is 11.1 Å². The van der Waals surface area contributed by atoms with Gasteiger partial charge in [-0.25, -0.2) is 9.38 Å². The quantitative estimate of drug-likeness (QED) is 0.847. The Labute approximate surface area is 138 Å². The lowest BCUT2D eigenvalue weighted by molar-refractivity contribution is -0.115. The normalized spacial score (nSPS) is 15.7. The highest BCUT2D eigenvalue weighted by molar-refractivity contribution is 6.30. The van der Waals surface area contributed by atoms with Gasteiger partial charge in [0.1, 0.15) is 17.3 Å². The maximum absolute atomic E-state index is 12.9. The highest BCUT2D eigenvalue weighted by atomic mass is 35.5. The third-order valence-electron chi connectivity index (χ3n) is 3.46. The van der Waals surface area contributed by atoms with Crippen molar-refractivity contribution in [2.24, 2.45) is 4.99 Å². The number of carbonyl (C=O) groups excluding carboxylic acids is 1. The van der Waals surface area contributed by atoms with Crippen molar-refractivity contribution in [2.45, 2.75) is 12.8 Å². The zero-order valence-corrected chi connectivity index (χ0v) is 13.0. The smallest absolute Gasteiger partial charge is 0.275 e. The second kappa shape index (κ2) is 6.75. The lowest BCUT2D eigenvalue weighted by Gasteiger charge is -2.01. The molecule has 0 saturated carbocycles. The summed E-state index contributed by atoms with van der Waals surface area (Å²) in [5, 5.41) is 3.37. The van der Waals surface area contributed by atoms with E-state index < -0.39 is 0 Å². The molecule has 0 fully saturated rings. The average molecular weight is 329 g/mol. The van der Waals surface area contributed by atoms with Gasteiger partial charge in [-0.3, -0.25) is 4.79 Å². The van der Waals surface area contributed by atoms with Crippen molar-refractivity contribution in [1.29, 1.82) is 0 Å². The van der Waals surface area contributed by atoms with Crippen LogP contribution in [0.25, 0.3) is 6.08 Å². The fourth-order valence-electron chi connectivity index (χ4n) is 2.30. The number of nitrogens with zero attached hydrogens (tertiary/aromatic N) is 1. The van der Waals surface area contributed by atoms with Gasteiger partial charge in [-0.1, -0.05) is 35.9 Å². The monoisotopic (exact) mass is 328 g/mol. The SMILES string of the molecule is O=C1NC(CCc2ccc(F)cc2)=N/C1=C/c1cccc(Cl)c1. The Morgan fingerprint density at radius 1 is 1.13 bits per heavy atom. The summed E-state index contributed by atoms with van der Waals surface area (Å²) in [6.07, 6.45) is 2.97. The summed E-state index contributed by atoms with van der Waals surface area (Å²) in [5.74, 6) is 0.138. The molecule has 0 unspecified atom stereocenters. The molecule has 1 N–H and O–H groups in total. The fourth-order valence-corrected chi connectivity index (χ4v) is 2.50. The van der Waals surface area contributed by atoms with E-state index in [-0.39, 0.29) is 11.7 Å². The first-order valence-electron chi connectivity index (χ1n) is 7.21. The van der Waals surface area contributed by atoms with Crippen LogP contribution in [0.2, 0.25) is 5.02 Å². The molecule has 23 heavy (non-hydrogen) atoms. The van der Waals surface area contributed by atoms with Gasteiger partial charge >= 0.3 is 0 Å². The van der Waals surface area contributed by atoms with Gasteiger partial charge in [-0.05, 0) is 47.9 Å². The molecule has 5 heteroatoms. The number of rotatable bonds is 4. The molecule has 1 aliphatic heterocycles. The highest BCUT2D eigenvalue weighted by Crippen LogP contribution is 2.17. The van der Waals surface area contributed by atoms with Crippen LogP contribution in [0.4, 0.5) is 4.39 Å². The molecular formula is C18H14ClFN2O. The number of amides is 1. The van der Waals surface area contributed by atoms with Crippen molar-refractivity contribution < 1.29 is 9.18 Å². The Kier molecular flexibility index (Phi) is 4.53. The Hall–Kier alpha value is -2.46. The molecule has 0 bridgehead atoms. The van der Waals surface area contributed by atoms with E-state index >= 15 is 0 Å². The van der Waals surface area contributed by atoms with Crippen LogP contribution >= 0.6 is 11.6 Å². The number of halogens is 2. The first-order chi connectivity index (χ1) is 11.1. The molecule has 0 radical (unpaired) electrons. The molecule has 1 amide bonds. The zero-order chi connectivity index (χ0) is 16.2. The van der Waals surface area contributed by atoms with Crippen molar-refractivity contribution in [3.8, 4) is 0 Å². The van der Waals surface area contributed by atoms with E-state index in [4.69, 9.17) is 11.6 Å². The summed E-state index contributed by atoms with van der Waals surface area (Å²) >= 11 is 5.93. The number of aliphatic imine (C=N–C) groups is 1. The van der Waals surface area contributed by atoms with E-state index in [1.54, 1.807) is 30.3 Å². The molecule has 1 heterocycles. The van der Waals surface area contributed by atoms with Crippen molar-refractivity contribution in [1.82, 2.24) is 5.32 Å². The maximum atomic E-state index is 12.9. The molecule has 0 atom stereocenters. The Balaban J connectivity index is 1.70. The number of nitrogens with one attached hydrogen (secondary N) is 1. The number of hydrogen-bond acceptors (Lipinski definition) is 2. The number of aryl methyl sites for hydroxylation is 1. The van der Waals surface area contributed by atoms with Crippen molar-refractivity contribution in [2.75, 3.05) is 0 Å². The Bertz CT molecular complexity index is 797. The third-order valence-corrected chi connectivity index (χ3v) is 3.70. The molecule has 2 aromatic carbocycles. The summed E-state index contributed by atoms with van der Waals surface area (Å²) in [6.45, 7) is 0. The summed E-state index contributed by atoms with van der Waals surface area (Å²) < 4.78 is 12.9. The van der Waals surface area contributed by atoms with E-state index in [2.05, 4.69) is 10.3 Å². The van der Waals surface area contributed by atoms with Crippen LogP contribution in [0.5, 0.6) is 0 Å². The Morgan fingerprint density at radius 3 is 2.65 bits per heavy atom. The van der Waals surface area contributed by atoms with Gasteiger partial charge in [0.25, 0.3) is 5.91 Å². The van der Waals surface area contributed by atoms with Crippen molar-refractivity contribution >= 4 is 29.4 Å². The molecule has 3 nitrogen and oxygen atoms in total. The van der Waals surface area contributed by atoms with Gasteiger partial charge < -0.3 is 5.32 Å². The lowest BCUT2D eigenvalue weighted by Crippen LogP contribution is -2.24. The topological polar surface area (TPSA) is 41.5 Å². The van der Waals surface area contributed by atoms with Crippen LogP contribution in [-0.2, 0) is 11.2 Å². The molecular weight excluding hydrogens is 315 g/mol. The molecule has 116 valence electrons. The fraction of sp³-hybridized carbons (Fsp3) is 0.111. The molecule has 0 aromatic heterocycles. The van der Waals surface area contributed by atoms with Gasteiger partial charge in [-0.2, -0.15) is 0 Å². The lowest BCUT2D eigenvalue weighted by atomic mass is 10.1. The first kappa shape index (κ1) is 15.4. The predicted octanol–water partition coefficient (Wildman–Crippen LogP) is 3.98. The standard InChI is InChI=1S/C18H14ClFN2O/c19-14-3-1-2-13(10-14)11-16-18(23)22-17(21-16)9-6-12-4-7-15(20)8-5-12/h1-5,7-8,10-11H,6,9H2,(H,21,22,23)/b16-11+. The van der Waals surface area contributed by atoms with E-state index in [9.17, 15) is 9.18 Å². The summed E-state index contributed by atoms with van der Waals surface area (Å²) in [6, 6.07) is 13.5. The Morgan fingerprint density at radius 2 is 1.91 bits per heavy atom. The van der Waals surface area contributed by atoms with Crippen molar-refractivity contribution in [3.63, 3.8) is 0 Å². The molecule has 1 aliphatic rings. The molecule has 2 aromatic rings. The number of carbonyl (C=O) groups is 1. The van der Waals surface area contributed by atoms with E-state index in [1.165, 1.54) is 12.1 Å². The molecule has 0 saturated heterocycles. The third kappa shape index (κ3) is 4.05. The van der Waals surface area contributed by atoms with Crippen LogP contribution in [0.15, 0.2) is 59.2 Å². The average Bonchev–Trinajstić information content (AvgIpc) is 2.87. The van der Waals surface area contributed by atoms with Crippen LogP contribution in [0, 0.1) is 5.82 Å². The van der Waals surface area contributed by atoms with Crippen LogP contribution in [0.3, 0.4) is 0 Å². The van der Waals surface area contributed by atoms with Crippen molar-refractivity contribution in [3.05, 3.63) is 76.2 Å². The largest absolute Gasteiger partial charge is 0.309 e. The number of amidine groups is 1. The maximum Gasteiger partial charge on any atom is 0.275 e. The second-order valence-corrected chi connectivity index (χ2v) is 5.66. The van der Waals surface area contributed by atoms with Gasteiger partial charge in [-0.15, -0.1) is 0 Å². The van der Waals surface area contributed by atoms with Crippen LogP contribution in [-0.4, -0.2) is 11.7 Å². The first-order valence-corrected chi connectivity index (χ1v) is 7.58. The molecule has 3 rings (SSSR count). The van der Waals surface area contributed by atoms with E-state index in [0.29, 0.717) is 29.4 Å². The van der Waals surface area contributed by atoms with Crippen LogP contribution < -0.4 is 5.32 Å². The zero-order valence-electron chi connectivity index (χ0n) is 12.2. The minimum atomic E-state index is -0.257. The minimum Gasteiger partial charge on any atom is -0.309 e. The van der Waals surface area contributed by atoms with Crippen LogP contribution in [0.1, 0.15) is 17.5 Å². The predicted molar refractivity (Wildman–Crippen MR) is 89.7 cm³/mol. The van der Waals surface area contributed by atoms with Gasteiger partial charge in [0.2, 0.25) is 0 Å².